The van der Waals surface area contributed by atoms with Crippen LogP contribution >= 0.6 is 11.8 Å². The minimum absolute atomic E-state index is 0.0565. The number of piperidine rings is 1. The van der Waals surface area contributed by atoms with Crippen LogP contribution in [0.1, 0.15) is 26.2 Å². The molecule has 2 aliphatic heterocycles. The zero-order valence-electron chi connectivity index (χ0n) is 8.45. The van der Waals surface area contributed by atoms with E-state index in [0.717, 1.165) is 19.5 Å². The molecule has 2 heterocycles. The number of amides is 1. The van der Waals surface area contributed by atoms with Crippen molar-refractivity contribution in [3.8, 4) is 0 Å². The van der Waals surface area contributed by atoms with Crippen LogP contribution in [-0.4, -0.2) is 29.3 Å². The highest BCUT2D eigenvalue weighted by atomic mass is 32.2. The molecule has 2 aliphatic rings. The number of carbonyl (C=O) groups excluding carboxylic acids is 1. The van der Waals surface area contributed by atoms with Crippen LogP contribution in [-0.2, 0) is 4.79 Å². The molecule has 1 unspecified atom stereocenters. The average molecular weight is 212 g/mol. The number of carbonyl (C=O) groups is 1. The SMILES string of the molecule is CC1(CC2CCNCC2)SC=NC1=O. The third kappa shape index (κ3) is 2.01. The van der Waals surface area contributed by atoms with Crippen LogP contribution in [0.15, 0.2) is 4.99 Å². The van der Waals surface area contributed by atoms with Gasteiger partial charge in [-0.3, -0.25) is 4.79 Å². The average Bonchev–Trinajstić information content (AvgIpc) is 2.48. The van der Waals surface area contributed by atoms with E-state index in [1.807, 2.05) is 6.92 Å². The van der Waals surface area contributed by atoms with Gasteiger partial charge < -0.3 is 5.32 Å². The van der Waals surface area contributed by atoms with Crippen molar-refractivity contribution in [1.82, 2.24) is 5.32 Å². The van der Waals surface area contributed by atoms with Gasteiger partial charge in [0.2, 0.25) is 0 Å². The van der Waals surface area contributed by atoms with E-state index in [1.165, 1.54) is 12.8 Å². The molecule has 4 heteroatoms. The Morgan fingerprint density at radius 1 is 1.64 bits per heavy atom. The number of rotatable bonds is 2. The largest absolute Gasteiger partial charge is 0.317 e. The van der Waals surface area contributed by atoms with Crippen LogP contribution in [0.25, 0.3) is 0 Å². The van der Waals surface area contributed by atoms with Gasteiger partial charge in [0.25, 0.3) is 5.91 Å². The number of aliphatic imine (C=N–C) groups is 1. The summed E-state index contributed by atoms with van der Waals surface area (Å²) in [5, 5.41) is 3.34. The van der Waals surface area contributed by atoms with Gasteiger partial charge in [0.05, 0.1) is 10.3 Å². The van der Waals surface area contributed by atoms with E-state index in [9.17, 15) is 4.79 Å². The second-order valence-corrected chi connectivity index (χ2v) is 5.63. The van der Waals surface area contributed by atoms with E-state index < -0.39 is 0 Å². The fourth-order valence-electron chi connectivity index (χ4n) is 2.15. The van der Waals surface area contributed by atoms with E-state index in [2.05, 4.69) is 10.3 Å². The zero-order chi connectivity index (χ0) is 10.0. The summed E-state index contributed by atoms with van der Waals surface area (Å²) in [4.78, 5) is 15.4. The first-order valence-electron chi connectivity index (χ1n) is 5.16. The summed E-state index contributed by atoms with van der Waals surface area (Å²) in [7, 11) is 0. The monoisotopic (exact) mass is 212 g/mol. The maximum Gasteiger partial charge on any atom is 0.262 e. The fraction of sp³-hybridized carbons (Fsp3) is 0.800. The smallest absolute Gasteiger partial charge is 0.262 e. The second-order valence-electron chi connectivity index (χ2n) is 4.29. The van der Waals surface area contributed by atoms with Crippen molar-refractivity contribution in [2.75, 3.05) is 13.1 Å². The Morgan fingerprint density at radius 2 is 2.36 bits per heavy atom. The minimum Gasteiger partial charge on any atom is -0.317 e. The molecule has 0 bridgehead atoms. The van der Waals surface area contributed by atoms with E-state index >= 15 is 0 Å². The van der Waals surface area contributed by atoms with Crippen molar-refractivity contribution in [1.29, 1.82) is 0 Å². The van der Waals surface area contributed by atoms with Crippen LogP contribution in [0.3, 0.4) is 0 Å². The van der Waals surface area contributed by atoms with Crippen molar-refractivity contribution >= 4 is 23.2 Å². The quantitative estimate of drug-likeness (QED) is 0.753. The highest BCUT2D eigenvalue weighted by Crippen LogP contribution is 2.37. The fourth-order valence-corrected chi connectivity index (χ4v) is 3.02. The third-order valence-corrected chi connectivity index (χ3v) is 4.14. The number of hydrogen-bond acceptors (Lipinski definition) is 3. The number of hydrogen-bond donors (Lipinski definition) is 1. The van der Waals surface area contributed by atoms with Gasteiger partial charge in [-0.05, 0) is 45.2 Å². The molecule has 0 radical (unpaired) electrons. The molecular weight excluding hydrogens is 196 g/mol. The molecule has 0 aromatic heterocycles. The lowest BCUT2D eigenvalue weighted by atomic mass is 9.88. The molecule has 1 atom stereocenters. The van der Waals surface area contributed by atoms with Crippen molar-refractivity contribution in [2.24, 2.45) is 10.9 Å². The van der Waals surface area contributed by atoms with Crippen LogP contribution in [0.2, 0.25) is 0 Å². The zero-order valence-corrected chi connectivity index (χ0v) is 9.27. The molecule has 3 nitrogen and oxygen atoms in total. The van der Waals surface area contributed by atoms with Crippen molar-refractivity contribution < 1.29 is 4.79 Å². The Labute approximate surface area is 88.7 Å². The second kappa shape index (κ2) is 4.03. The minimum atomic E-state index is -0.262. The Kier molecular flexibility index (Phi) is 2.93. The van der Waals surface area contributed by atoms with Gasteiger partial charge in [0, 0.05) is 0 Å². The maximum absolute atomic E-state index is 11.5. The molecule has 1 fully saturated rings. The lowest BCUT2D eigenvalue weighted by Crippen LogP contribution is -2.35. The Morgan fingerprint density at radius 3 is 2.93 bits per heavy atom. The Hall–Kier alpha value is -0.350. The predicted molar refractivity (Wildman–Crippen MR) is 59.7 cm³/mol. The van der Waals surface area contributed by atoms with Crippen molar-refractivity contribution in [2.45, 2.75) is 30.9 Å². The van der Waals surface area contributed by atoms with Gasteiger partial charge in [-0.25, -0.2) is 4.99 Å². The normalized spacial score (nSPS) is 33.9. The van der Waals surface area contributed by atoms with Crippen LogP contribution in [0.5, 0.6) is 0 Å². The van der Waals surface area contributed by atoms with Crippen LogP contribution in [0.4, 0.5) is 0 Å². The Bertz CT molecular complexity index is 261. The number of nitrogens with one attached hydrogen (secondary N) is 1. The van der Waals surface area contributed by atoms with Gasteiger partial charge in [-0.15, -0.1) is 0 Å². The first-order valence-corrected chi connectivity index (χ1v) is 6.04. The molecule has 1 N–H and O–H groups in total. The number of thioether (sulfide) groups is 1. The van der Waals surface area contributed by atoms with Gasteiger partial charge >= 0.3 is 0 Å². The lowest BCUT2D eigenvalue weighted by Gasteiger charge is -2.29. The van der Waals surface area contributed by atoms with Crippen molar-refractivity contribution in [3.63, 3.8) is 0 Å². The molecule has 1 amide bonds. The highest BCUT2D eigenvalue weighted by Gasteiger charge is 2.38. The van der Waals surface area contributed by atoms with Gasteiger partial charge in [0.1, 0.15) is 0 Å². The first-order chi connectivity index (χ1) is 6.71. The molecule has 0 saturated carbocycles. The topological polar surface area (TPSA) is 41.5 Å². The van der Waals surface area contributed by atoms with E-state index in [4.69, 9.17) is 0 Å². The molecule has 1 saturated heterocycles. The lowest BCUT2D eigenvalue weighted by molar-refractivity contribution is -0.119. The summed E-state index contributed by atoms with van der Waals surface area (Å²) in [6.07, 6.45) is 3.38. The van der Waals surface area contributed by atoms with Gasteiger partial charge in [-0.1, -0.05) is 11.8 Å². The van der Waals surface area contributed by atoms with Gasteiger partial charge in [0.15, 0.2) is 0 Å². The summed E-state index contributed by atoms with van der Waals surface area (Å²) in [6, 6.07) is 0. The highest BCUT2D eigenvalue weighted by molar-refractivity contribution is 8.14. The van der Waals surface area contributed by atoms with Crippen LogP contribution in [0, 0.1) is 5.92 Å². The number of nitrogens with zero attached hydrogens (tertiary/aromatic N) is 1. The van der Waals surface area contributed by atoms with E-state index in [0.29, 0.717) is 5.92 Å². The molecule has 0 aromatic rings. The maximum atomic E-state index is 11.5. The first kappa shape index (κ1) is 10.2. The predicted octanol–water partition coefficient (Wildman–Crippen LogP) is 1.44. The van der Waals surface area contributed by atoms with E-state index in [1.54, 1.807) is 17.3 Å². The molecular formula is C10H16N2OS. The van der Waals surface area contributed by atoms with Crippen LogP contribution < -0.4 is 5.32 Å². The molecule has 2 rings (SSSR count). The summed E-state index contributed by atoms with van der Waals surface area (Å²) < 4.78 is -0.262. The standard InChI is InChI=1S/C10H16N2OS/c1-10(9(13)12-7-14-10)6-8-2-4-11-5-3-8/h7-8,11H,2-6H2,1H3. The molecule has 0 aliphatic carbocycles. The van der Waals surface area contributed by atoms with E-state index in [-0.39, 0.29) is 10.7 Å². The summed E-state index contributed by atoms with van der Waals surface area (Å²) >= 11 is 1.58. The molecule has 78 valence electrons. The third-order valence-electron chi connectivity index (χ3n) is 3.07. The molecule has 14 heavy (non-hydrogen) atoms. The van der Waals surface area contributed by atoms with Crippen molar-refractivity contribution in [3.05, 3.63) is 0 Å². The Balaban J connectivity index is 1.92. The summed E-state index contributed by atoms with van der Waals surface area (Å²) in [5.41, 5.74) is 1.70. The molecule has 0 spiro atoms. The molecule has 0 aromatic carbocycles. The van der Waals surface area contributed by atoms with Gasteiger partial charge in [-0.2, -0.15) is 0 Å². The summed E-state index contributed by atoms with van der Waals surface area (Å²) in [5.74, 6) is 0.750. The summed E-state index contributed by atoms with van der Waals surface area (Å²) in [6.45, 7) is 4.22.